The Morgan fingerprint density at radius 1 is 1.03 bits per heavy atom. The average Bonchev–Trinajstić information content (AvgIpc) is 3.13. The highest BCUT2D eigenvalue weighted by Gasteiger charge is 2.69. The quantitative estimate of drug-likeness (QED) is 0.686. The second-order valence-electron chi connectivity index (χ2n) is 9.73. The summed E-state index contributed by atoms with van der Waals surface area (Å²) >= 11 is 0. The van der Waals surface area contributed by atoms with Crippen molar-refractivity contribution in [3.8, 4) is 11.3 Å². The minimum absolute atomic E-state index is 0.176. The van der Waals surface area contributed by atoms with Crippen LogP contribution in [0.1, 0.15) is 52.7 Å². The van der Waals surface area contributed by atoms with Gasteiger partial charge in [0.05, 0.1) is 11.9 Å². The summed E-state index contributed by atoms with van der Waals surface area (Å²) in [4.78, 5) is 12.2. The van der Waals surface area contributed by atoms with Gasteiger partial charge in [-0.3, -0.25) is 0 Å². The Morgan fingerprint density at radius 3 is 2.70 bits per heavy atom. The molecule has 5 fully saturated rings. The van der Waals surface area contributed by atoms with Gasteiger partial charge in [0.25, 0.3) is 0 Å². The van der Waals surface area contributed by atoms with Crippen LogP contribution in [-0.4, -0.2) is 32.7 Å². The molecule has 1 aromatic carbocycles. The Morgan fingerprint density at radius 2 is 1.87 bits per heavy atom. The van der Waals surface area contributed by atoms with E-state index in [1.54, 1.807) is 0 Å². The lowest BCUT2D eigenvalue weighted by Crippen LogP contribution is -2.69. The van der Waals surface area contributed by atoms with Crippen molar-refractivity contribution in [2.45, 2.75) is 70.4 Å². The van der Waals surface area contributed by atoms with Gasteiger partial charge in [-0.25, -0.2) is 14.5 Å². The molecule has 1 saturated carbocycles. The van der Waals surface area contributed by atoms with Crippen LogP contribution in [-0.2, 0) is 19.2 Å². The van der Waals surface area contributed by atoms with E-state index in [9.17, 15) is 0 Å². The molecule has 30 heavy (non-hydrogen) atoms. The van der Waals surface area contributed by atoms with E-state index in [0.29, 0.717) is 11.8 Å². The van der Waals surface area contributed by atoms with Gasteiger partial charge in [-0.2, -0.15) is 0 Å². The van der Waals surface area contributed by atoms with E-state index in [4.69, 9.17) is 19.2 Å². The first-order valence-electron chi connectivity index (χ1n) is 11.2. The highest BCUT2D eigenvalue weighted by molar-refractivity contribution is 5.58. The van der Waals surface area contributed by atoms with Gasteiger partial charge in [-0.1, -0.05) is 49.4 Å². The van der Waals surface area contributed by atoms with Crippen LogP contribution in [0, 0.1) is 23.7 Å². The van der Waals surface area contributed by atoms with E-state index in [2.05, 4.69) is 36.3 Å². The number of fused-ring (bicyclic) bond motifs is 2. The number of hydrogen-bond acceptors (Lipinski definition) is 6. The van der Waals surface area contributed by atoms with E-state index in [0.717, 1.165) is 30.5 Å². The second-order valence-corrected chi connectivity index (χ2v) is 9.73. The molecule has 4 aliphatic heterocycles. The molecule has 0 unspecified atom stereocenters. The van der Waals surface area contributed by atoms with Gasteiger partial charge < -0.3 is 9.47 Å². The molecule has 0 N–H and O–H groups in total. The number of ether oxygens (including phenoxy) is 2. The van der Waals surface area contributed by atoms with Crippen molar-refractivity contribution >= 4 is 0 Å². The summed E-state index contributed by atoms with van der Waals surface area (Å²) in [6, 6.07) is 10.2. The van der Waals surface area contributed by atoms with Crippen LogP contribution in [0.3, 0.4) is 0 Å². The van der Waals surface area contributed by atoms with E-state index < -0.39 is 17.7 Å². The summed E-state index contributed by atoms with van der Waals surface area (Å²) in [6.45, 7) is 6.53. The molecule has 7 rings (SSSR count). The molecule has 1 aromatic heterocycles. The lowest BCUT2D eigenvalue weighted by atomic mass is 9.58. The normalized spacial score (nSPS) is 45.0. The van der Waals surface area contributed by atoms with Gasteiger partial charge in [0.15, 0.2) is 18.1 Å². The zero-order valence-corrected chi connectivity index (χ0v) is 17.7. The fraction of sp³-hybridized carbons (Fsp3) is 0.652. The molecule has 5 aliphatic rings. The minimum Gasteiger partial charge on any atom is -0.324 e. The molecular weight excluding hydrogens is 382 g/mol. The Bertz CT molecular complexity index is 936. The van der Waals surface area contributed by atoms with Crippen LogP contribution in [0.5, 0.6) is 0 Å². The van der Waals surface area contributed by atoms with Crippen molar-refractivity contribution in [3.63, 3.8) is 0 Å². The summed E-state index contributed by atoms with van der Waals surface area (Å²) in [5.74, 6) is 0.578. The monoisotopic (exact) mass is 411 g/mol. The van der Waals surface area contributed by atoms with Crippen molar-refractivity contribution in [3.05, 3.63) is 36.5 Å². The number of rotatable bonds is 2. The Kier molecular flexibility index (Phi) is 4.16. The van der Waals surface area contributed by atoms with E-state index in [1.165, 1.54) is 6.42 Å². The molecule has 1 spiro atoms. The molecule has 0 amide bonds. The molecule has 2 aromatic rings. The lowest BCUT2D eigenvalue weighted by molar-refractivity contribution is -0.574. The highest BCUT2D eigenvalue weighted by Crippen LogP contribution is 2.61. The molecule has 7 nitrogen and oxygen atoms in total. The molecule has 4 saturated heterocycles. The maximum atomic E-state index is 6.70. The van der Waals surface area contributed by atoms with Gasteiger partial charge in [0.2, 0.25) is 5.79 Å². The van der Waals surface area contributed by atoms with E-state index in [-0.39, 0.29) is 18.1 Å². The fourth-order valence-electron chi connectivity index (χ4n) is 6.41. The van der Waals surface area contributed by atoms with E-state index in [1.807, 2.05) is 36.0 Å². The number of hydrogen-bond donors (Lipinski definition) is 0. The van der Waals surface area contributed by atoms with Gasteiger partial charge in [-0.15, -0.1) is 5.10 Å². The van der Waals surface area contributed by atoms with Gasteiger partial charge >= 0.3 is 0 Å². The van der Waals surface area contributed by atoms with Crippen molar-refractivity contribution in [1.29, 1.82) is 0 Å². The first-order chi connectivity index (χ1) is 14.5. The molecule has 160 valence electrons. The lowest BCUT2D eigenvalue weighted by Gasteiger charge is -2.60. The van der Waals surface area contributed by atoms with Crippen LogP contribution >= 0.6 is 0 Å². The molecule has 8 atom stereocenters. The van der Waals surface area contributed by atoms with Crippen molar-refractivity contribution in [1.82, 2.24) is 15.0 Å². The Balaban J connectivity index is 1.43. The number of nitrogens with zero attached hydrogens (tertiary/aromatic N) is 3. The standard InChI is InChI=1S/C23H29N3O4/c1-14-9-10-18-15(2)20(26-19(13-24-25-26)16-7-5-4-6-8-16)27-21-23(18)17(14)11-12-22(3,28-21)29-30-23/h4-8,13-15,17-18,20-21H,9-12H2,1-3H3/t14-,15-,17+,18+,20-,21-,22-,23-/m1/s1. The van der Waals surface area contributed by atoms with Crippen LogP contribution in [0.15, 0.2) is 36.5 Å². The maximum Gasteiger partial charge on any atom is 0.201 e. The Hall–Kier alpha value is -1.80. The summed E-state index contributed by atoms with van der Waals surface area (Å²) in [7, 11) is 0. The summed E-state index contributed by atoms with van der Waals surface area (Å²) < 4.78 is 15.1. The molecule has 2 bridgehead atoms. The van der Waals surface area contributed by atoms with Gasteiger partial charge in [0.1, 0.15) is 0 Å². The van der Waals surface area contributed by atoms with Crippen molar-refractivity contribution in [2.75, 3.05) is 0 Å². The SMILES string of the molecule is C[C@H]1[C@H](n2nncc2-c2ccccc2)O[C@@H]2O[C@@]3(C)CC[C@H]4[C@H](C)CC[C@@H]1[C@@]24OO3. The van der Waals surface area contributed by atoms with Crippen molar-refractivity contribution < 1.29 is 19.2 Å². The zero-order chi connectivity index (χ0) is 20.5. The third-order valence-electron chi connectivity index (χ3n) is 8.01. The maximum absolute atomic E-state index is 6.70. The van der Waals surface area contributed by atoms with E-state index >= 15 is 0 Å². The summed E-state index contributed by atoms with van der Waals surface area (Å²) in [5, 5.41) is 8.66. The third kappa shape index (κ3) is 2.52. The average molecular weight is 412 g/mol. The molecule has 5 heterocycles. The van der Waals surface area contributed by atoms with Gasteiger partial charge in [-0.05, 0) is 38.0 Å². The topological polar surface area (TPSA) is 67.6 Å². The molecule has 0 radical (unpaired) electrons. The third-order valence-corrected chi connectivity index (χ3v) is 8.01. The highest BCUT2D eigenvalue weighted by atomic mass is 17.3. The summed E-state index contributed by atoms with van der Waals surface area (Å²) in [6.07, 6.45) is 5.15. The Labute approximate surface area is 176 Å². The van der Waals surface area contributed by atoms with Crippen LogP contribution in [0.4, 0.5) is 0 Å². The number of benzene rings is 1. The number of aromatic nitrogens is 3. The first kappa shape index (κ1) is 18.9. The second kappa shape index (κ2) is 6.60. The smallest absolute Gasteiger partial charge is 0.201 e. The molecular formula is C23H29N3O4. The summed E-state index contributed by atoms with van der Waals surface area (Å²) in [5.41, 5.74) is 1.46. The predicted octanol–water partition coefficient (Wildman–Crippen LogP) is 4.33. The predicted molar refractivity (Wildman–Crippen MR) is 108 cm³/mol. The van der Waals surface area contributed by atoms with Crippen LogP contribution < -0.4 is 0 Å². The zero-order valence-electron chi connectivity index (χ0n) is 17.7. The van der Waals surface area contributed by atoms with Gasteiger partial charge in [0, 0.05) is 23.8 Å². The fourth-order valence-corrected chi connectivity index (χ4v) is 6.41. The largest absolute Gasteiger partial charge is 0.324 e. The minimum atomic E-state index is -0.771. The molecule has 7 heteroatoms. The molecule has 1 aliphatic carbocycles. The van der Waals surface area contributed by atoms with Crippen LogP contribution in [0.2, 0.25) is 0 Å². The first-order valence-corrected chi connectivity index (χ1v) is 11.2. The van der Waals surface area contributed by atoms with Crippen molar-refractivity contribution in [2.24, 2.45) is 23.7 Å². The van der Waals surface area contributed by atoms with Crippen LogP contribution in [0.25, 0.3) is 11.3 Å².